The first kappa shape index (κ1) is 8.92. The summed E-state index contributed by atoms with van der Waals surface area (Å²) in [6.45, 7) is 2.25. The number of hydrogen-bond donors (Lipinski definition) is 0. The molecule has 0 fully saturated rings. The van der Waals surface area contributed by atoms with E-state index in [1.54, 1.807) is 0 Å². The number of hydrogen-bond acceptors (Lipinski definition) is 0. The molecule has 0 saturated carbocycles. The Labute approximate surface area is 98.8 Å². The van der Waals surface area contributed by atoms with Crippen molar-refractivity contribution in [2.24, 2.45) is 0 Å². The van der Waals surface area contributed by atoms with Crippen molar-refractivity contribution in [3.63, 3.8) is 0 Å². The molecule has 1 aliphatic rings. The first-order chi connectivity index (χ1) is 6.77. The lowest BCUT2D eigenvalue weighted by atomic mass is 10.2. The van der Waals surface area contributed by atoms with Crippen molar-refractivity contribution >= 4 is 42.8 Å². The summed E-state index contributed by atoms with van der Waals surface area (Å²) < 4.78 is 6.98. The van der Waals surface area contributed by atoms with Crippen molar-refractivity contribution in [1.29, 1.82) is 0 Å². The first-order valence-electron chi connectivity index (χ1n) is 4.65. The Bertz CT molecular complexity index is 516. The van der Waals surface area contributed by atoms with Crippen molar-refractivity contribution in [2.45, 2.75) is 19.5 Å². The number of nitrogens with zero attached hydrogens (tertiary/aromatic N) is 2. The molecular formula is C10H9Br2N2+. The van der Waals surface area contributed by atoms with E-state index in [1.165, 1.54) is 21.9 Å². The van der Waals surface area contributed by atoms with Crippen LogP contribution in [-0.2, 0) is 13.1 Å². The third-order valence-electron chi connectivity index (χ3n) is 2.72. The van der Waals surface area contributed by atoms with Crippen LogP contribution in [0.5, 0.6) is 0 Å². The SMILES string of the molecule is Brc1ccc2c(c1)c(Br)n1[n+]2CCC1. The standard InChI is InChI=1S/C10H9Br2N2/c11-7-2-3-9-8(6-7)10(12)14-5-1-4-13(9)14/h2-3,6H,1,4-5H2/q+1. The van der Waals surface area contributed by atoms with E-state index < -0.39 is 0 Å². The van der Waals surface area contributed by atoms with Crippen LogP contribution in [0.15, 0.2) is 27.3 Å². The third kappa shape index (κ3) is 1.10. The molecule has 4 heteroatoms. The topological polar surface area (TPSA) is 8.81 Å². The summed E-state index contributed by atoms with van der Waals surface area (Å²) in [4.78, 5) is 0. The van der Waals surface area contributed by atoms with Gasteiger partial charge >= 0.3 is 0 Å². The molecule has 2 heterocycles. The second-order valence-electron chi connectivity index (χ2n) is 3.55. The average Bonchev–Trinajstić information content (AvgIpc) is 2.72. The molecule has 0 radical (unpaired) electrons. The molecule has 1 aromatic carbocycles. The molecular weight excluding hydrogens is 308 g/mol. The lowest BCUT2D eigenvalue weighted by molar-refractivity contribution is -0.735. The lowest BCUT2D eigenvalue weighted by Crippen LogP contribution is -2.37. The molecule has 0 saturated heterocycles. The molecule has 2 aromatic rings. The van der Waals surface area contributed by atoms with E-state index in [4.69, 9.17) is 0 Å². The van der Waals surface area contributed by atoms with E-state index >= 15 is 0 Å². The maximum Gasteiger partial charge on any atom is 0.239 e. The van der Waals surface area contributed by atoms with E-state index in [1.807, 2.05) is 0 Å². The van der Waals surface area contributed by atoms with Crippen LogP contribution < -0.4 is 4.68 Å². The smallest absolute Gasteiger partial charge is 0.145 e. The minimum absolute atomic E-state index is 1.12. The highest BCUT2D eigenvalue weighted by atomic mass is 79.9. The number of halogens is 2. The predicted molar refractivity (Wildman–Crippen MR) is 62.2 cm³/mol. The molecule has 0 unspecified atom stereocenters. The normalized spacial score (nSPS) is 15.0. The maximum atomic E-state index is 3.66. The fourth-order valence-electron chi connectivity index (χ4n) is 2.10. The van der Waals surface area contributed by atoms with Crippen molar-refractivity contribution in [2.75, 3.05) is 0 Å². The summed E-state index contributed by atoms with van der Waals surface area (Å²) >= 11 is 7.16. The Kier molecular flexibility index (Phi) is 1.96. The van der Waals surface area contributed by atoms with Crippen LogP contribution >= 0.6 is 31.9 Å². The van der Waals surface area contributed by atoms with Gasteiger partial charge in [0, 0.05) is 17.0 Å². The van der Waals surface area contributed by atoms with Gasteiger partial charge in [-0.3, -0.25) is 0 Å². The predicted octanol–water partition coefficient (Wildman–Crippen LogP) is 2.86. The van der Waals surface area contributed by atoms with Crippen molar-refractivity contribution < 1.29 is 4.68 Å². The maximum absolute atomic E-state index is 3.66. The fourth-order valence-corrected chi connectivity index (χ4v) is 3.15. The van der Waals surface area contributed by atoms with Crippen LogP contribution in [0.2, 0.25) is 0 Å². The molecule has 14 heavy (non-hydrogen) atoms. The van der Waals surface area contributed by atoms with Gasteiger partial charge < -0.3 is 0 Å². The minimum Gasteiger partial charge on any atom is -0.145 e. The first-order valence-corrected chi connectivity index (χ1v) is 6.23. The fraction of sp³-hybridized carbons (Fsp3) is 0.300. The number of aromatic nitrogens is 2. The van der Waals surface area contributed by atoms with E-state index in [2.05, 4.69) is 59.4 Å². The quantitative estimate of drug-likeness (QED) is 0.661. The highest BCUT2D eigenvalue weighted by molar-refractivity contribution is 9.11. The van der Waals surface area contributed by atoms with Gasteiger partial charge in [0.05, 0.1) is 11.9 Å². The Hall–Kier alpha value is -0.350. The van der Waals surface area contributed by atoms with Crippen LogP contribution in [0.25, 0.3) is 10.9 Å². The summed E-state index contributed by atoms with van der Waals surface area (Å²) in [7, 11) is 0. The number of rotatable bonds is 0. The summed E-state index contributed by atoms with van der Waals surface area (Å²) in [5, 5.41) is 1.29. The van der Waals surface area contributed by atoms with Crippen LogP contribution in [-0.4, -0.2) is 4.68 Å². The van der Waals surface area contributed by atoms with Crippen molar-refractivity contribution in [3.8, 4) is 0 Å². The van der Waals surface area contributed by atoms with Crippen molar-refractivity contribution in [3.05, 3.63) is 27.3 Å². The van der Waals surface area contributed by atoms with E-state index in [0.717, 1.165) is 17.6 Å². The Morgan fingerprint density at radius 3 is 3.00 bits per heavy atom. The molecule has 0 aliphatic carbocycles. The van der Waals surface area contributed by atoms with Gasteiger partial charge in [0.15, 0.2) is 11.1 Å². The average molecular weight is 317 g/mol. The Balaban J connectivity index is 2.45. The van der Waals surface area contributed by atoms with Gasteiger partial charge in [-0.1, -0.05) is 15.9 Å². The highest BCUT2D eigenvalue weighted by Crippen LogP contribution is 2.27. The molecule has 1 aliphatic heterocycles. The second kappa shape index (κ2) is 3.07. The van der Waals surface area contributed by atoms with Gasteiger partial charge in [0.25, 0.3) is 0 Å². The molecule has 72 valence electrons. The van der Waals surface area contributed by atoms with Gasteiger partial charge in [-0.2, -0.15) is 0 Å². The zero-order chi connectivity index (χ0) is 9.71. The monoisotopic (exact) mass is 315 g/mol. The molecule has 0 bridgehead atoms. The van der Waals surface area contributed by atoms with Crippen LogP contribution in [0, 0.1) is 0 Å². The van der Waals surface area contributed by atoms with Gasteiger partial charge in [-0.15, -0.1) is 9.36 Å². The summed E-state index contributed by atoms with van der Waals surface area (Å²) in [6.07, 6.45) is 1.24. The number of benzene rings is 1. The molecule has 0 spiro atoms. The van der Waals surface area contributed by atoms with E-state index in [9.17, 15) is 0 Å². The van der Waals surface area contributed by atoms with Crippen LogP contribution in [0.4, 0.5) is 0 Å². The molecule has 0 N–H and O–H groups in total. The molecule has 0 amide bonds. The molecule has 3 rings (SSSR count). The largest absolute Gasteiger partial charge is 0.239 e. The van der Waals surface area contributed by atoms with Gasteiger partial charge in [0.1, 0.15) is 0 Å². The van der Waals surface area contributed by atoms with E-state index in [-0.39, 0.29) is 0 Å². The Morgan fingerprint density at radius 2 is 2.14 bits per heavy atom. The summed E-state index contributed by atoms with van der Waals surface area (Å²) in [5.74, 6) is 0. The van der Waals surface area contributed by atoms with Crippen LogP contribution in [0.1, 0.15) is 6.42 Å². The van der Waals surface area contributed by atoms with E-state index in [0.29, 0.717) is 0 Å². The Morgan fingerprint density at radius 1 is 1.29 bits per heavy atom. The second-order valence-corrected chi connectivity index (χ2v) is 5.22. The lowest BCUT2D eigenvalue weighted by Gasteiger charge is -1.88. The van der Waals surface area contributed by atoms with Gasteiger partial charge in [-0.25, -0.2) is 0 Å². The molecule has 1 aromatic heterocycles. The van der Waals surface area contributed by atoms with Gasteiger partial charge in [0.2, 0.25) is 5.52 Å². The third-order valence-corrected chi connectivity index (χ3v) is 4.05. The molecule has 0 atom stereocenters. The zero-order valence-corrected chi connectivity index (χ0v) is 10.7. The number of aryl methyl sites for hydroxylation is 1. The summed E-state index contributed by atoms with van der Waals surface area (Å²) in [6, 6.07) is 6.44. The highest BCUT2D eigenvalue weighted by Gasteiger charge is 2.26. The number of fused-ring (bicyclic) bond motifs is 3. The summed E-state index contributed by atoms with van der Waals surface area (Å²) in [5.41, 5.74) is 1.32. The van der Waals surface area contributed by atoms with Gasteiger partial charge in [-0.05, 0) is 28.1 Å². The minimum atomic E-state index is 1.12. The zero-order valence-electron chi connectivity index (χ0n) is 7.50. The van der Waals surface area contributed by atoms with Crippen LogP contribution in [0.3, 0.4) is 0 Å². The molecule has 2 nitrogen and oxygen atoms in total. The van der Waals surface area contributed by atoms with Crippen molar-refractivity contribution in [1.82, 2.24) is 4.68 Å².